The Morgan fingerprint density at radius 2 is 1.78 bits per heavy atom. The molecule has 0 saturated heterocycles. The smallest absolute Gasteiger partial charge is 0.234 e. The Hall–Kier alpha value is -2.38. The number of hydrogen-bond donors (Lipinski definition) is 1. The maximum atomic E-state index is 13.2. The molecule has 3 rings (SSSR count). The highest BCUT2D eigenvalue weighted by atomic mass is 35.5. The normalized spacial score (nSPS) is 12.7. The van der Waals surface area contributed by atoms with Crippen LogP contribution in [-0.2, 0) is 9.84 Å². The van der Waals surface area contributed by atoms with Gasteiger partial charge in [0.15, 0.2) is 0 Å². The fourth-order valence-electron chi connectivity index (χ4n) is 2.35. The minimum Gasteiger partial charge on any atom is -0.419 e. The maximum absolute atomic E-state index is 13.2. The van der Waals surface area contributed by atoms with Gasteiger partial charge < -0.3 is 9.73 Å². The molecule has 142 valence electrons. The van der Waals surface area contributed by atoms with Gasteiger partial charge in [-0.1, -0.05) is 18.5 Å². The van der Waals surface area contributed by atoms with E-state index in [0.29, 0.717) is 10.6 Å². The molecule has 0 saturated carbocycles. The van der Waals surface area contributed by atoms with Gasteiger partial charge in [-0.2, -0.15) is 4.98 Å². The molecule has 0 aliphatic carbocycles. The summed E-state index contributed by atoms with van der Waals surface area (Å²) in [6, 6.07) is 11.3. The Balaban J connectivity index is 2.11. The summed E-state index contributed by atoms with van der Waals surface area (Å²) in [5.41, 5.74) is 0.590. The Bertz CT molecular complexity index is 1030. The van der Waals surface area contributed by atoms with Gasteiger partial charge in [-0.15, -0.1) is 0 Å². The molecule has 1 heterocycles. The van der Waals surface area contributed by atoms with Crippen molar-refractivity contribution in [2.75, 3.05) is 5.32 Å². The van der Waals surface area contributed by atoms with Gasteiger partial charge >= 0.3 is 0 Å². The second kappa shape index (κ2) is 7.70. The second-order valence-electron chi connectivity index (χ2n) is 6.07. The number of halogens is 2. The molecule has 1 atom stereocenters. The quantitative estimate of drug-likeness (QED) is 0.569. The summed E-state index contributed by atoms with van der Waals surface area (Å²) in [6.07, 6.45) is 0.757. The zero-order valence-electron chi connectivity index (χ0n) is 14.7. The van der Waals surface area contributed by atoms with Crippen molar-refractivity contribution in [3.8, 4) is 11.5 Å². The molecule has 3 aromatic rings. The van der Waals surface area contributed by atoms with Crippen LogP contribution in [0.3, 0.4) is 0 Å². The number of nitrogens with one attached hydrogen (secondary N) is 1. The molecule has 27 heavy (non-hydrogen) atoms. The van der Waals surface area contributed by atoms with Crippen molar-refractivity contribution >= 4 is 27.3 Å². The molecule has 1 aromatic heterocycles. The minimum atomic E-state index is -4.00. The Morgan fingerprint density at radius 3 is 2.37 bits per heavy atom. The van der Waals surface area contributed by atoms with E-state index in [9.17, 15) is 12.8 Å². The molecule has 0 fully saturated rings. The van der Waals surface area contributed by atoms with Gasteiger partial charge in [0.05, 0.1) is 4.90 Å². The van der Waals surface area contributed by atoms with Crippen LogP contribution in [0.15, 0.2) is 62.9 Å². The van der Waals surface area contributed by atoms with Gasteiger partial charge in [-0.05, 0) is 61.9 Å². The molecule has 1 unspecified atom stereocenters. The van der Waals surface area contributed by atoms with Crippen molar-refractivity contribution < 1.29 is 17.2 Å². The standard InChI is InChI=1S/C19H18ClFN2O3S/c1-3-12(2)22-18-19(27(24,25)16-10-8-15(21)9-11-16)23-17(26-18)13-4-6-14(20)7-5-13/h4-12,22H,3H2,1-2H3. The van der Waals surface area contributed by atoms with Gasteiger partial charge in [0.1, 0.15) is 5.82 Å². The molecule has 0 aliphatic rings. The number of hydrogen-bond acceptors (Lipinski definition) is 5. The van der Waals surface area contributed by atoms with E-state index in [4.69, 9.17) is 16.0 Å². The first-order valence-electron chi connectivity index (χ1n) is 8.35. The van der Waals surface area contributed by atoms with Gasteiger partial charge in [0.25, 0.3) is 0 Å². The summed E-state index contributed by atoms with van der Waals surface area (Å²) >= 11 is 5.90. The van der Waals surface area contributed by atoms with Crippen LogP contribution in [0.4, 0.5) is 10.3 Å². The van der Waals surface area contributed by atoms with E-state index in [-0.39, 0.29) is 27.7 Å². The zero-order chi connectivity index (χ0) is 19.6. The third-order valence-corrected chi connectivity index (χ3v) is 5.99. The predicted molar refractivity (Wildman–Crippen MR) is 102 cm³/mol. The highest BCUT2D eigenvalue weighted by Crippen LogP contribution is 2.33. The largest absolute Gasteiger partial charge is 0.419 e. The number of aromatic nitrogens is 1. The Kier molecular flexibility index (Phi) is 5.53. The average Bonchev–Trinajstić information content (AvgIpc) is 3.07. The summed E-state index contributed by atoms with van der Waals surface area (Å²) in [4.78, 5) is 4.15. The summed E-state index contributed by atoms with van der Waals surface area (Å²) in [5.74, 6) is -0.314. The summed E-state index contributed by atoms with van der Waals surface area (Å²) < 4.78 is 45.0. The number of sulfone groups is 1. The highest BCUT2D eigenvalue weighted by Gasteiger charge is 2.29. The van der Waals surface area contributed by atoms with Crippen molar-refractivity contribution in [3.63, 3.8) is 0 Å². The molecule has 0 aliphatic heterocycles. The number of anilines is 1. The van der Waals surface area contributed by atoms with Crippen LogP contribution in [0.5, 0.6) is 0 Å². The molecule has 0 amide bonds. The van der Waals surface area contributed by atoms with Crippen molar-refractivity contribution in [3.05, 3.63) is 59.4 Å². The topological polar surface area (TPSA) is 72.2 Å². The van der Waals surface area contributed by atoms with Crippen LogP contribution in [-0.4, -0.2) is 19.4 Å². The van der Waals surface area contributed by atoms with Crippen LogP contribution < -0.4 is 5.32 Å². The first-order valence-corrected chi connectivity index (χ1v) is 10.2. The number of benzene rings is 2. The van der Waals surface area contributed by atoms with E-state index in [2.05, 4.69) is 10.3 Å². The molecular weight excluding hydrogens is 391 g/mol. The molecule has 5 nitrogen and oxygen atoms in total. The SMILES string of the molecule is CCC(C)Nc1oc(-c2ccc(Cl)cc2)nc1S(=O)(=O)c1ccc(F)cc1. The van der Waals surface area contributed by atoms with E-state index < -0.39 is 15.7 Å². The van der Waals surface area contributed by atoms with Gasteiger partial charge in [-0.3, -0.25) is 0 Å². The van der Waals surface area contributed by atoms with E-state index in [1.807, 2.05) is 13.8 Å². The molecule has 8 heteroatoms. The van der Waals surface area contributed by atoms with Crippen LogP contribution in [0.2, 0.25) is 5.02 Å². The Morgan fingerprint density at radius 1 is 1.15 bits per heavy atom. The molecule has 0 radical (unpaired) electrons. The van der Waals surface area contributed by atoms with Gasteiger partial charge in [-0.25, -0.2) is 12.8 Å². The number of rotatable bonds is 6. The van der Waals surface area contributed by atoms with E-state index in [1.165, 1.54) is 12.1 Å². The minimum absolute atomic E-state index is 0.0295. The van der Waals surface area contributed by atoms with Crippen LogP contribution in [0.1, 0.15) is 20.3 Å². The highest BCUT2D eigenvalue weighted by molar-refractivity contribution is 7.91. The maximum Gasteiger partial charge on any atom is 0.234 e. The van der Waals surface area contributed by atoms with Crippen molar-refractivity contribution in [1.82, 2.24) is 4.98 Å². The third kappa shape index (κ3) is 4.14. The van der Waals surface area contributed by atoms with Crippen molar-refractivity contribution in [2.24, 2.45) is 0 Å². The predicted octanol–water partition coefficient (Wildman–Crippen LogP) is 5.18. The average molecular weight is 409 g/mol. The van der Waals surface area contributed by atoms with Gasteiger partial charge in [0.2, 0.25) is 26.6 Å². The summed E-state index contributed by atoms with van der Waals surface area (Å²) in [5, 5.41) is 3.35. The van der Waals surface area contributed by atoms with Crippen LogP contribution in [0, 0.1) is 5.82 Å². The molecule has 0 spiro atoms. The third-order valence-electron chi connectivity index (χ3n) is 4.06. The molecule has 2 aromatic carbocycles. The van der Waals surface area contributed by atoms with E-state index >= 15 is 0 Å². The van der Waals surface area contributed by atoms with Crippen molar-refractivity contribution in [2.45, 2.75) is 36.2 Å². The van der Waals surface area contributed by atoms with Gasteiger partial charge in [0, 0.05) is 16.6 Å². The molecule has 1 N–H and O–H groups in total. The fraction of sp³-hybridized carbons (Fsp3) is 0.211. The zero-order valence-corrected chi connectivity index (χ0v) is 16.3. The second-order valence-corrected chi connectivity index (χ2v) is 8.37. The number of nitrogens with zero attached hydrogens (tertiary/aromatic N) is 1. The first-order chi connectivity index (χ1) is 12.8. The summed E-state index contributed by atoms with van der Waals surface area (Å²) in [7, 11) is -4.00. The Labute approximate surface area is 162 Å². The van der Waals surface area contributed by atoms with Crippen molar-refractivity contribution in [1.29, 1.82) is 0 Å². The lowest BCUT2D eigenvalue weighted by Crippen LogP contribution is -2.15. The lowest BCUT2D eigenvalue weighted by molar-refractivity contribution is 0.566. The first kappa shape index (κ1) is 19.4. The summed E-state index contributed by atoms with van der Waals surface area (Å²) in [6.45, 7) is 3.86. The van der Waals surface area contributed by atoms with Crippen LogP contribution >= 0.6 is 11.6 Å². The lowest BCUT2D eigenvalue weighted by atomic mass is 10.2. The van der Waals surface area contributed by atoms with E-state index in [0.717, 1.165) is 18.6 Å². The van der Waals surface area contributed by atoms with Crippen LogP contribution in [0.25, 0.3) is 11.5 Å². The lowest BCUT2D eigenvalue weighted by Gasteiger charge is -2.11. The fourth-order valence-corrected chi connectivity index (χ4v) is 3.74. The van der Waals surface area contributed by atoms with E-state index in [1.54, 1.807) is 24.3 Å². The molecular formula is C19H18ClFN2O3S. The molecule has 0 bridgehead atoms. The number of oxazole rings is 1. The monoisotopic (exact) mass is 408 g/mol.